The molecule has 1 unspecified atom stereocenters. The molecule has 0 spiro atoms. The van der Waals surface area contributed by atoms with Gasteiger partial charge >= 0.3 is 0 Å². The monoisotopic (exact) mass is 528 g/mol. The fourth-order valence-electron chi connectivity index (χ4n) is 5.18. The Labute approximate surface area is 224 Å². The van der Waals surface area contributed by atoms with Crippen molar-refractivity contribution in [3.05, 3.63) is 64.1 Å². The van der Waals surface area contributed by atoms with E-state index in [4.69, 9.17) is 9.76 Å². The highest BCUT2D eigenvalue weighted by molar-refractivity contribution is 7.85. The summed E-state index contributed by atoms with van der Waals surface area (Å²) in [4.78, 5) is 38.2. The average molecular weight is 529 g/mol. The molecule has 0 bridgehead atoms. The summed E-state index contributed by atoms with van der Waals surface area (Å²) >= 11 is 0. The number of nitrogens with one attached hydrogen (secondary N) is 2. The van der Waals surface area contributed by atoms with Gasteiger partial charge in [-0.25, -0.2) is 24.9 Å². The van der Waals surface area contributed by atoms with Crippen molar-refractivity contribution in [1.29, 1.82) is 4.78 Å². The number of hydrogen-bond acceptors (Lipinski definition) is 8. The van der Waals surface area contributed by atoms with E-state index in [9.17, 15) is 4.79 Å². The second-order valence-corrected chi connectivity index (χ2v) is 12.0. The summed E-state index contributed by atoms with van der Waals surface area (Å²) in [6, 6.07) is 7.93. The molecule has 2 aliphatic rings. The van der Waals surface area contributed by atoms with Crippen LogP contribution in [-0.4, -0.2) is 35.7 Å². The maximum Gasteiger partial charge on any atom is 0.295 e. The van der Waals surface area contributed by atoms with E-state index >= 15 is 0 Å². The molecule has 0 aliphatic heterocycles. The van der Waals surface area contributed by atoms with Crippen molar-refractivity contribution in [3.8, 4) is 11.4 Å². The molecular weight excluding hydrogens is 496 g/mol. The van der Waals surface area contributed by atoms with E-state index < -0.39 is 10.7 Å². The molecule has 0 saturated heterocycles. The Balaban J connectivity index is 1.42. The van der Waals surface area contributed by atoms with Gasteiger partial charge in [0, 0.05) is 23.4 Å². The van der Waals surface area contributed by atoms with Crippen LogP contribution in [0.15, 0.2) is 46.5 Å². The summed E-state index contributed by atoms with van der Waals surface area (Å²) in [7, 11) is -0.531. The number of aromatic nitrogens is 6. The first-order chi connectivity index (χ1) is 18.4. The summed E-state index contributed by atoms with van der Waals surface area (Å²) in [5, 5.41) is 3.26. The van der Waals surface area contributed by atoms with E-state index in [1.54, 1.807) is 12.5 Å². The minimum Gasteiger partial charge on any atom is -0.361 e. The zero-order valence-electron chi connectivity index (χ0n) is 21.9. The number of anilines is 1. The third-order valence-electron chi connectivity index (χ3n) is 7.86. The van der Waals surface area contributed by atoms with E-state index in [1.165, 1.54) is 6.42 Å². The maximum atomic E-state index is 13.9. The second kappa shape index (κ2) is 9.98. The smallest absolute Gasteiger partial charge is 0.295 e. The molecule has 196 valence electrons. The van der Waals surface area contributed by atoms with Crippen LogP contribution in [0.25, 0.3) is 22.6 Å². The molecule has 2 N–H and O–H groups in total. The zero-order chi connectivity index (χ0) is 26.4. The number of rotatable bonds is 8. The van der Waals surface area contributed by atoms with Crippen molar-refractivity contribution in [1.82, 2.24) is 29.5 Å². The Morgan fingerprint density at radius 1 is 1.11 bits per heavy atom. The fraction of sp³-hybridized carbons (Fsp3) is 0.429. The van der Waals surface area contributed by atoms with Gasteiger partial charge in [-0.15, -0.1) is 0 Å². The van der Waals surface area contributed by atoms with Crippen LogP contribution >= 0.6 is 0 Å². The van der Waals surface area contributed by atoms with Gasteiger partial charge in [-0.1, -0.05) is 29.2 Å². The molecule has 2 saturated carbocycles. The predicted octanol–water partition coefficient (Wildman–Crippen LogP) is 5.17. The van der Waals surface area contributed by atoms with E-state index in [0.717, 1.165) is 53.1 Å². The van der Waals surface area contributed by atoms with Gasteiger partial charge in [-0.05, 0) is 69.4 Å². The van der Waals surface area contributed by atoms with E-state index in [-0.39, 0.29) is 11.6 Å². The highest BCUT2D eigenvalue weighted by Crippen LogP contribution is 2.43. The first-order valence-corrected chi connectivity index (χ1v) is 14.8. The van der Waals surface area contributed by atoms with Gasteiger partial charge < -0.3 is 5.32 Å². The molecule has 0 radical (unpaired) electrons. The van der Waals surface area contributed by atoms with Crippen molar-refractivity contribution in [2.75, 3.05) is 11.6 Å². The van der Waals surface area contributed by atoms with E-state index in [2.05, 4.69) is 32.2 Å². The highest BCUT2D eigenvalue weighted by Gasteiger charge is 2.31. The fourth-order valence-corrected chi connectivity index (χ4v) is 5.72. The standard InChI is InChI=1S/C28H32N8OS/c1-16-23(24(20-9-10-20)33-15-32-16)25-31-14-22-27(35-25)36(17(2)19-5-4-6-19)28(37)26(34-22)30-13-18-7-11-21(12-8-18)38(3)29/h7-8,11-12,14-15,17,19-20,29H,4-6,9-10,13H2,1-3H3,(H,30,34)/t17-,38?/m0/s1. The lowest BCUT2D eigenvalue weighted by Crippen LogP contribution is -2.33. The Hall–Kier alpha value is -3.53. The van der Waals surface area contributed by atoms with Crippen molar-refractivity contribution in [2.45, 2.75) is 69.4 Å². The Morgan fingerprint density at radius 2 is 1.87 bits per heavy atom. The van der Waals surface area contributed by atoms with E-state index in [0.29, 0.717) is 41.2 Å². The molecule has 3 heterocycles. The minimum absolute atomic E-state index is 0.000102. The average Bonchev–Trinajstić information content (AvgIpc) is 3.72. The van der Waals surface area contributed by atoms with Crippen LogP contribution in [0.1, 0.15) is 67.9 Å². The Bertz CT molecular complexity index is 1590. The van der Waals surface area contributed by atoms with Crippen LogP contribution in [0, 0.1) is 17.6 Å². The lowest BCUT2D eigenvalue weighted by molar-refractivity contribution is 0.222. The van der Waals surface area contributed by atoms with Gasteiger partial charge in [0.15, 0.2) is 17.3 Å². The molecular formula is C28H32N8OS. The summed E-state index contributed by atoms with van der Waals surface area (Å²) in [5.41, 5.74) is 4.73. The molecule has 0 amide bonds. The lowest BCUT2D eigenvalue weighted by Gasteiger charge is -2.33. The molecule has 3 aromatic heterocycles. The largest absolute Gasteiger partial charge is 0.361 e. The molecule has 6 rings (SSSR count). The molecule has 2 atom stereocenters. The number of hydrogen-bond donors (Lipinski definition) is 2. The normalized spacial score (nSPS) is 17.2. The van der Waals surface area contributed by atoms with Crippen LogP contribution in [0.2, 0.25) is 0 Å². The molecule has 9 nitrogen and oxygen atoms in total. The van der Waals surface area contributed by atoms with Crippen LogP contribution < -0.4 is 10.9 Å². The van der Waals surface area contributed by atoms with Crippen molar-refractivity contribution in [3.63, 3.8) is 0 Å². The molecule has 2 fully saturated rings. The molecule has 1 aromatic carbocycles. The minimum atomic E-state index is -0.531. The van der Waals surface area contributed by atoms with Crippen molar-refractivity contribution < 1.29 is 0 Å². The zero-order valence-corrected chi connectivity index (χ0v) is 22.8. The number of aryl methyl sites for hydroxylation is 1. The van der Waals surface area contributed by atoms with Gasteiger partial charge in [0.25, 0.3) is 5.56 Å². The van der Waals surface area contributed by atoms with Crippen molar-refractivity contribution >= 4 is 27.7 Å². The first kappa shape index (κ1) is 24.8. The third kappa shape index (κ3) is 4.62. The first-order valence-electron chi connectivity index (χ1n) is 13.2. The van der Waals surface area contributed by atoms with Crippen molar-refractivity contribution in [2.24, 2.45) is 5.92 Å². The van der Waals surface area contributed by atoms with Crippen LogP contribution in [-0.2, 0) is 17.2 Å². The third-order valence-corrected chi connectivity index (χ3v) is 8.84. The lowest BCUT2D eigenvalue weighted by atomic mass is 9.80. The molecule has 10 heteroatoms. The highest BCUT2D eigenvalue weighted by atomic mass is 32.2. The quantitative estimate of drug-likeness (QED) is 0.323. The predicted molar refractivity (Wildman–Crippen MR) is 149 cm³/mol. The van der Waals surface area contributed by atoms with Gasteiger partial charge in [0.1, 0.15) is 11.8 Å². The summed E-state index contributed by atoms with van der Waals surface area (Å²) in [6.07, 6.45) is 10.9. The van der Waals surface area contributed by atoms with Gasteiger partial charge in [0.2, 0.25) is 0 Å². The van der Waals surface area contributed by atoms with Gasteiger partial charge in [-0.2, -0.15) is 0 Å². The van der Waals surface area contributed by atoms with Crippen LogP contribution in [0.4, 0.5) is 5.82 Å². The summed E-state index contributed by atoms with van der Waals surface area (Å²) < 4.78 is 9.73. The Kier molecular flexibility index (Phi) is 6.51. The van der Waals surface area contributed by atoms with Gasteiger partial charge in [0.05, 0.1) is 23.1 Å². The van der Waals surface area contributed by atoms with Crippen LogP contribution in [0.5, 0.6) is 0 Å². The topological polar surface area (TPSA) is 122 Å². The number of nitrogens with zero attached hydrogens (tertiary/aromatic N) is 6. The Morgan fingerprint density at radius 3 is 2.53 bits per heavy atom. The SMILES string of the molecule is Cc1ncnc(C2CC2)c1-c1ncc2nc(NCc3ccc(S(C)=N)cc3)c(=O)n([C@@H](C)C3CCC3)c2n1. The second-order valence-electron chi connectivity index (χ2n) is 10.5. The maximum absolute atomic E-state index is 13.9. The molecule has 38 heavy (non-hydrogen) atoms. The van der Waals surface area contributed by atoms with Crippen LogP contribution in [0.3, 0.4) is 0 Å². The summed E-state index contributed by atoms with van der Waals surface area (Å²) in [6.45, 7) is 4.54. The summed E-state index contributed by atoms with van der Waals surface area (Å²) in [5.74, 6) is 1.72. The van der Waals surface area contributed by atoms with E-state index in [1.807, 2.05) is 42.0 Å². The molecule has 2 aliphatic carbocycles. The van der Waals surface area contributed by atoms with Gasteiger partial charge in [-0.3, -0.25) is 14.1 Å². The number of benzene rings is 1. The molecule has 4 aromatic rings. The number of fused-ring (bicyclic) bond motifs is 1.